The van der Waals surface area contributed by atoms with Crippen LogP contribution in [0.1, 0.15) is 12.5 Å². The van der Waals surface area contributed by atoms with Gasteiger partial charge in [-0.05, 0) is 37.1 Å². The molecule has 0 saturated carbocycles. The van der Waals surface area contributed by atoms with Gasteiger partial charge in [0.25, 0.3) is 0 Å². The molecule has 1 aliphatic heterocycles. The van der Waals surface area contributed by atoms with Crippen LogP contribution in [0.15, 0.2) is 18.2 Å². The molecule has 13 heavy (non-hydrogen) atoms. The van der Waals surface area contributed by atoms with E-state index in [0.717, 1.165) is 11.3 Å². The third-order valence-electron chi connectivity index (χ3n) is 2.42. The number of fused-ring (bicyclic) bond motifs is 1. The summed E-state index contributed by atoms with van der Waals surface area (Å²) in [6.45, 7) is 1.55. The lowest BCUT2D eigenvalue weighted by molar-refractivity contribution is 0.322. The maximum Gasteiger partial charge on any atom is 0.118 e. The zero-order chi connectivity index (χ0) is 9.42. The molecule has 2 atom stereocenters. The van der Waals surface area contributed by atoms with Crippen LogP contribution in [0.2, 0.25) is 0 Å². The lowest BCUT2D eigenvalue weighted by atomic mass is 10.1. The van der Waals surface area contributed by atoms with Crippen LogP contribution in [0, 0.1) is 0 Å². The Morgan fingerprint density at radius 3 is 3.08 bits per heavy atom. The van der Waals surface area contributed by atoms with Crippen LogP contribution in [0.5, 0.6) is 5.75 Å². The molecule has 0 radical (unpaired) electrons. The molecule has 2 nitrogen and oxygen atoms in total. The zero-order valence-electron chi connectivity index (χ0n) is 7.42. The number of hydrogen-bond donors (Lipinski definition) is 2. The Morgan fingerprint density at radius 1 is 1.62 bits per heavy atom. The van der Waals surface area contributed by atoms with Gasteiger partial charge in [-0.2, -0.15) is 0 Å². The molecule has 0 spiro atoms. The summed E-state index contributed by atoms with van der Waals surface area (Å²) in [4.78, 5) is 0. The average Bonchev–Trinajstić information content (AvgIpc) is 2.46. The highest BCUT2D eigenvalue weighted by molar-refractivity contribution is 5.59. The lowest BCUT2D eigenvalue weighted by Gasteiger charge is -2.11. The van der Waals surface area contributed by atoms with Crippen LogP contribution in [-0.4, -0.2) is 17.3 Å². The number of anilines is 1. The van der Waals surface area contributed by atoms with Crippen molar-refractivity contribution in [1.82, 2.24) is 0 Å². The van der Waals surface area contributed by atoms with Gasteiger partial charge in [-0.3, -0.25) is 0 Å². The molecule has 1 aromatic rings. The van der Waals surface area contributed by atoms with E-state index < -0.39 is 6.17 Å². The summed E-state index contributed by atoms with van der Waals surface area (Å²) in [5.41, 5.74) is 1.93. The van der Waals surface area contributed by atoms with Crippen molar-refractivity contribution in [2.24, 2.45) is 0 Å². The molecule has 2 N–H and O–H groups in total. The first-order valence-electron chi connectivity index (χ1n) is 4.39. The van der Waals surface area contributed by atoms with E-state index in [1.165, 1.54) is 0 Å². The largest absolute Gasteiger partial charge is 0.508 e. The molecule has 0 aliphatic carbocycles. The Labute approximate surface area is 76.4 Å². The van der Waals surface area contributed by atoms with Crippen molar-refractivity contribution in [3.05, 3.63) is 23.8 Å². The van der Waals surface area contributed by atoms with Crippen LogP contribution in [0.4, 0.5) is 10.1 Å². The first-order chi connectivity index (χ1) is 6.16. The molecule has 0 aromatic heterocycles. The molecule has 0 fully saturated rings. The molecule has 3 heteroatoms. The normalized spacial score (nSPS) is 22.2. The Hall–Kier alpha value is -1.25. The van der Waals surface area contributed by atoms with Gasteiger partial charge in [0.15, 0.2) is 0 Å². The first-order valence-corrected chi connectivity index (χ1v) is 4.39. The second kappa shape index (κ2) is 2.91. The Bertz CT molecular complexity index is 325. The molecule has 70 valence electrons. The highest BCUT2D eigenvalue weighted by atomic mass is 19.1. The van der Waals surface area contributed by atoms with Gasteiger partial charge < -0.3 is 10.4 Å². The minimum Gasteiger partial charge on any atom is -0.508 e. The second-order valence-corrected chi connectivity index (χ2v) is 3.47. The van der Waals surface area contributed by atoms with E-state index >= 15 is 0 Å². The van der Waals surface area contributed by atoms with E-state index in [-0.39, 0.29) is 11.8 Å². The summed E-state index contributed by atoms with van der Waals surface area (Å²) >= 11 is 0. The van der Waals surface area contributed by atoms with E-state index in [2.05, 4.69) is 5.32 Å². The van der Waals surface area contributed by atoms with Gasteiger partial charge in [0.2, 0.25) is 0 Å². The quantitative estimate of drug-likeness (QED) is 0.650. The van der Waals surface area contributed by atoms with Crippen LogP contribution < -0.4 is 5.32 Å². The highest BCUT2D eigenvalue weighted by Gasteiger charge is 2.25. The second-order valence-electron chi connectivity index (χ2n) is 3.47. The number of rotatable bonds is 1. The molecule has 0 saturated heterocycles. The molecule has 0 bridgehead atoms. The van der Waals surface area contributed by atoms with Crippen LogP contribution in [0.25, 0.3) is 0 Å². The third-order valence-corrected chi connectivity index (χ3v) is 2.42. The standard InChI is InChI=1S/C10H12FNO/c1-6(11)10-5-7-4-8(13)2-3-9(7)12-10/h2-4,6,10,12-13H,5H2,1H3. The summed E-state index contributed by atoms with van der Waals surface area (Å²) in [7, 11) is 0. The minimum atomic E-state index is -0.866. The monoisotopic (exact) mass is 181 g/mol. The molecular weight excluding hydrogens is 169 g/mol. The summed E-state index contributed by atoms with van der Waals surface area (Å²) in [5, 5.41) is 12.3. The van der Waals surface area contributed by atoms with Gasteiger partial charge in [-0.25, -0.2) is 4.39 Å². The predicted octanol–water partition coefficient (Wildman–Crippen LogP) is 2.09. The minimum absolute atomic E-state index is 0.142. The Kier molecular flexibility index (Phi) is 1.87. The summed E-state index contributed by atoms with van der Waals surface area (Å²) in [5.74, 6) is 0.243. The fourth-order valence-corrected chi connectivity index (χ4v) is 1.65. The van der Waals surface area contributed by atoms with Gasteiger partial charge in [-0.15, -0.1) is 0 Å². The van der Waals surface area contributed by atoms with Gasteiger partial charge >= 0.3 is 0 Å². The zero-order valence-corrected chi connectivity index (χ0v) is 7.42. The van der Waals surface area contributed by atoms with Crippen molar-refractivity contribution < 1.29 is 9.50 Å². The van der Waals surface area contributed by atoms with Crippen LogP contribution >= 0.6 is 0 Å². The number of phenols is 1. The van der Waals surface area contributed by atoms with E-state index in [1.54, 1.807) is 25.1 Å². The molecule has 0 amide bonds. The van der Waals surface area contributed by atoms with Gasteiger partial charge in [0.05, 0.1) is 6.04 Å². The van der Waals surface area contributed by atoms with Crippen LogP contribution in [0.3, 0.4) is 0 Å². The van der Waals surface area contributed by atoms with E-state index in [9.17, 15) is 9.50 Å². The fraction of sp³-hybridized carbons (Fsp3) is 0.400. The van der Waals surface area contributed by atoms with Crippen molar-refractivity contribution in [3.63, 3.8) is 0 Å². The van der Waals surface area contributed by atoms with Crippen molar-refractivity contribution >= 4 is 5.69 Å². The topological polar surface area (TPSA) is 32.3 Å². The average molecular weight is 181 g/mol. The number of benzene rings is 1. The maximum absolute atomic E-state index is 12.9. The fourth-order valence-electron chi connectivity index (χ4n) is 1.65. The molecule has 1 aromatic carbocycles. The predicted molar refractivity (Wildman–Crippen MR) is 49.8 cm³/mol. The summed E-state index contributed by atoms with van der Waals surface area (Å²) in [6.07, 6.45) is -0.212. The third kappa shape index (κ3) is 1.46. The van der Waals surface area contributed by atoms with E-state index in [1.807, 2.05) is 0 Å². The number of aromatic hydroxyl groups is 1. The molecular formula is C10H12FNO. The SMILES string of the molecule is CC(F)C1Cc2cc(O)ccc2N1. The first kappa shape index (κ1) is 8.35. The number of nitrogens with one attached hydrogen (secondary N) is 1. The molecule has 1 heterocycles. The number of hydrogen-bond acceptors (Lipinski definition) is 2. The van der Waals surface area contributed by atoms with E-state index in [4.69, 9.17) is 0 Å². The number of phenolic OH excluding ortho intramolecular Hbond substituents is 1. The Morgan fingerprint density at radius 2 is 2.38 bits per heavy atom. The van der Waals surface area contributed by atoms with Gasteiger partial charge in [0, 0.05) is 5.69 Å². The van der Waals surface area contributed by atoms with Crippen LogP contribution in [-0.2, 0) is 6.42 Å². The smallest absolute Gasteiger partial charge is 0.118 e. The van der Waals surface area contributed by atoms with Gasteiger partial charge in [-0.1, -0.05) is 0 Å². The molecule has 2 rings (SSSR count). The summed E-state index contributed by atoms with van der Waals surface area (Å²) in [6, 6.07) is 4.94. The Balaban J connectivity index is 2.25. The van der Waals surface area contributed by atoms with Crippen molar-refractivity contribution in [2.75, 3.05) is 5.32 Å². The van der Waals surface area contributed by atoms with Gasteiger partial charge in [0.1, 0.15) is 11.9 Å². The van der Waals surface area contributed by atoms with Crippen molar-refractivity contribution in [2.45, 2.75) is 25.6 Å². The molecule has 2 unspecified atom stereocenters. The summed E-state index contributed by atoms with van der Waals surface area (Å²) < 4.78 is 12.9. The number of halogens is 1. The highest BCUT2D eigenvalue weighted by Crippen LogP contribution is 2.30. The van der Waals surface area contributed by atoms with E-state index in [0.29, 0.717) is 6.42 Å². The molecule has 1 aliphatic rings. The van der Waals surface area contributed by atoms with Crippen molar-refractivity contribution in [3.8, 4) is 5.75 Å². The lowest BCUT2D eigenvalue weighted by Crippen LogP contribution is -2.25. The van der Waals surface area contributed by atoms with Crippen molar-refractivity contribution in [1.29, 1.82) is 0 Å². The maximum atomic E-state index is 12.9. The number of alkyl halides is 1.